The van der Waals surface area contributed by atoms with E-state index in [0.29, 0.717) is 6.54 Å². The van der Waals surface area contributed by atoms with E-state index in [-0.39, 0.29) is 6.04 Å². The SMILES string of the molecule is CCC1CCN(C(CN)c2cc(Cl)ccc2Cl)C1. The molecule has 100 valence electrons. The molecule has 2 rings (SSSR count). The molecule has 0 amide bonds. The van der Waals surface area contributed by atoms with E-state index in [1.54, 1.807) is 0 Å². The van der Waals surface area contributed by atoms with Crippen LogP contribution in [0.3, 0.4) is 0 Å². The standard InChI is InChI=1S/C14H20Cl2N2/c1-2-10-5-6-18(9-10)14(8-17)12-7-11(15)3-4-13(12)16/h3-4,7,10,14H,2,5-6,8-9,17H2,1H3. The van der Waals surface area contributed by atoms with Crippen molar-refractivity contribution >= 4 is 23.2 Å². The van der Waals surface area contributed by atoms with Crippen molar-refractivity contribution in [2.45, 2.75) is 25.8 Å². The minimum Gasteiger partial charge on any atom is -0.329 e. The van der Waals surface area contributed by atoms with Gasteiger partial charge in [0.1, 0.15) is 0 Å². The summed E-state index contributed by atoms with van der Waals surface area (Å²) in [7, 11) is 0. The molecule has 1 aliphatic heterocycles. The van der Waals surface area contributed by atoms with Gasteiger partial charge in [-0.25, -0.2) is 0 Å². The number of nitrogens with two attached hydrogens (primary N) is 1. The van der Waals surface area contributed by atoms with E-state index in [9.17, 15) is 0 Å². The van der Waals surface area contributed by atoms with E-state index in [1.165, 1.54) is 12.8 Å². The Morgan fingerprint density at radius 2 is 2.22 bits per heavy atom. The zero-order valence-electron chi connectivity index (χ0n) is 10.7. The van der Waals surface area contributed by atoms with Crippen LogP contribution in [0, 0.1) is 5.92 Å². The van der Waals surface area contributed by atoms with Gasteiger partial charge in [0.15, 0.2) is 0 Å². The largest absolute Gasteiger partial charge is 0.329 e. The topological polar surface area (TPSA) is 29.3 Å². The van der Waals surface area contributed by atoms with Crippen molar-refractivity contribution in [3.05, 3.63) is 33.8 Å². The molecule has 1 aliphatic rings. The summed E-state index contributed by atoms with van der Waals surface area (Å²) in [5.74, 6) is 0.789. The lowest BCUT2D eigenvalue weighted by atomic mass is 10.0. The van der Waals surface area contributed by atoms with Gasteiger partial charge >= 0.3 is 0 Å². The van der Waals surface area contributed by atoms with Crippen LogP contribution in [0.4, 0.5) is 0 Å². The third-order valence-corrected chi connectivity index (χ3v) is 4.45. The molecule has 0 aliphatic carbocycles. The quantitative estimate of drug-likeness (QED) is 0.914. The Bertz CT molecular complexity index is 409. The highest BCUT2D eigenvalue weighted by atomic mass is 35.5. The second-order valence-electron chi connectivity index (χ2n) is 4.98. The van der Waals surface area contributed by atoms with E-state index in [0.717, 1.165) is 34.6 Å². The molecule has 0 bridgehead atoms. The highest BCUT2D eigenvalue weighted by Crippen LogP contribution is 2.33. The average molecular weight is 287 g/mol. The van der Waals surface area contributed by atoms with Crippen molar-refractivity contribution in [1.29, 1.82) is 0 Å². The van der Waals surface area contributed by atoms with E-state index in [1.807, 2.05) is 18.2 Å². The molecule has 2 unspecified atom stereocenters. The highest BCUT2D eigenvalue weighted by Gasteiger charge is 2.28. The number of likely N-dealkylation sites (tertiary alicyclic amines) is 1. The van der Waals surface area contributed by atoms with E-state index in [2.05, 4.69) is 11.8 Å². The Morgan fingerprint density at radius 1 is 1.44 bits per heavy atom. The molecular formula is C14H20Cl2N2. The Labute approximate surface area is 119 Å². The van der Waals surface area contributed by atoms with Gasteiger partial charge in [0.05, 0.1) is 0 Å². The van der Waals surface area contributed by atoms with Crippen molar-refractivity contribution in [1.82, 2.24) is 4.90 Å². The van der Waals surface area contributed by atoms with Crippen LogP contribution in [-0.4, -0.2) is 24.5 Å². The average Bonchev–Trinajstić information content (AvgIpc) is 2.83. The minimum atomic E-state index is 0.188. The van der Waals surface area contributed by atoms with Crippen LogP contribution in [-0.2, 0) is 0 Å². The van der Waals surface area contributed by atoms with Gasteiger partial charge in [0.2, 0.25) is 0 Å². The molecule has 1 saturated heterocycles. The number of halogens is 2. The molecular weight excluding hydrogens is 267 g/mol. The number of hydrogen-bond donors (Lipinski definition) is 1. The molecule has 18 heavy (non-hydrogen) atoms. The molecule has 0 spiro atoms. The Hall–Kier alpha value is -0.280. The molecule has 2 N–H and O–H groups in total. The molecule has 0 radical (unpaired) electrons. The lowest BCUT2D eigenvalue weighted by Gasteiger charge is -2.28. The predicted molar refractivity (Wildman–Crippen MR) is 78.2 cm³/mol. The third kappa shape index (κ3) is 3.00. The molecule has 1 aromatic rings. The molecule has 1 aromatic carbocycles. The van der Waals surface area contributed by atoms with Gasteiger partial charge in [0.25, 0.3) is 0 Å². The van der Waals surface area contributed by atoms with Crippen molar-refractivity contribution in [3.63, 3.8) is 0 Å². The molecule has 4 heteroatoms. The second-order valence-corrected chi connectivity index (χ2v) is 5.82. The molecule has 1 fully saturated rings. The molecule has 1 heterocycles. The van der Waals surface area contributed by atoms with Crippen LogP contribution in [0.15, 0.2) is 18.2 Å². The van der Waals surface area contributed by atoms with Gasteiger partial charge in [-0.1, -0.05) is 36.5 Å². The first kappa shape index (κ1) is 14.1. The normalized spacial score (nSPS) is 22.3. The summed E-state index contributed by atoms with van der Waals surface area (Å²) in [6.07, 6.45) is 2.49. The summed E-state index contributed by atoms with van der Waals surface area (Å²) >= 11 is 12.3. The second kappa shape index (κ2) is 6.25. The summed E-state index contributed by atoms with van der Waals surface area (Å²) in [6.45, 7) is 5.04. The molecule has 0 saturated carbocycles. The Morgan fingerprint density at radius 3 is 2.83 bits per heavy atom. The van der Waals surface area contributed by atoms with Crippen LogP contribution in [0.2, 0.25) is 10.0 Å². The van der Waals surface area contributed by atoms with Gasteiger partial charge in [-0.3, -0.25) is 4.90 Å². The van der Waals surface area contributed by atoms with Crippen LogP contribution in [0.1, 0.15) is 31.4 Å². The number of nitrogens with zero attached hydrogens (tertiary/aromatic N) is 1. The minimum absolute atomic E-state index is 0.188. The summed E-state index contributed by atoms with van der Waals surface area (Å²) in [4.78, 5) is 2.44. The maximum Gasteiger partial charge on any atom is 0.0485 e. The van der Waals surface area contributed by atoms with Crippen LogP contribution >= 0.6 is 23.2 Å². The lowest BCUT2D eigenvalue weighted by molar-refractivity contribution is 0.241. The summed E-state index contributed by atoms with van der Waals surface area (Å²) in [5.41, 5.74) is 7.01. The highest BCUT2D eigenvalue weighted by molar-refractivity contribution is 6.33. The van der Waals surface area contributed by atoms with Crippen LogP contribution < -0.4 is 5.73 Å². The van der Waals surface area contributed by atoms with E-state index in [4.69, 9.17) is 28.9 Å². The molecule has 0 aromatic heterocycles. The van der Waals surface area contributed by atoms with Crippen molar-refractivity contribution in [3.8, 4) is 0 Å². The van der Waals surface area contributed by atoms with Crippen LogP contribution in [0.25, 0.3) is 0 Å². The number of benzene rings is 1. The summed E-state index contributed by atoms with van der Waals surface area (Å²) in [5, 5.41) is 1.48. The maximum absolute atomic E-state index is 6.28. The monoisotopic (exact) mass is 286 g/mol. The zero-order chi connectivity index (χ0) is 13.1. The van der Waals surface area contributed by atoms with Gasteiger partial charge in [-0.05, 0) is 42.6 Å². The summed E-state index contributed by atoms with van der Waals surface area (Å²) in [6, 6.07) is 5.81. The first-order valence-electron chi connectivity index (χ1n) is 6.54. The Balaban J connectivity index is 2.20. The first-order valence-corrected chi connectivity index (χ1v) is 7.30. The lowest BCUT2D eigenvalue weighted by Crippen LogP contribution is -2.32. The van der Waals surface area contributed by atoms with Gasteiger partial charge in [0, 0.05) is 29.2 Å². The smallest absolute Gasteiger partial charge is 0.0485 e. The maximum atomic E-state index is 6.28. The Kier molecular flexibility index (Phi) is 4.91. The zero-order valence-corrected chi connectivity index (χ0v) is 12.2. The van der Waals surface area contributed by atoms with E-state index >= 15 is 0 Å². The fourth-order valence-electron chi connectivity index (χ4n) is 2.72. The fraction of sp³-hybridized carbons (Fsp3) is 0.571. The molecule has 2 nitrogen and oxygen atoms in total. The van der Waals surface area contributed by atoms with Crippen LogP contribution in [0.5, 0.6) is 0 Å². The number of hydrogen-bond acceptors (Lipinski definition) is 2. The van der Waals surface area contributed by atoms with E-state index < -0.39 is 0 Å². The van der Waals surface area contributed by atoms with Crippen molar-refractivity contribution in [2.24, 2.45) is 11.7 Å². The predicted octanol–water partition coefficient (Wildman–Crippen LogP) is 3.73. The van der Waals surface area contributed by atoms with Crippen molar-refractivity contribution < 1.29 is 0 Å². The van der Waals surface area contributed by atoms with Gasteiger partial charge < -0.3 is 5.73 Å². The van der Waals surface area contributed by atoms with Gasteiger partial charge in [-0.15, -0.1) is 0 Å². The summed E-state index contributed by atoms with van der Waals surface area (Å²) < 4.78 is 0. The molecule has 2 atom stereocenters. The third-order valence-electron chi connectivity index (χ3n) is 3.88. The number of rotatable bonds is 4. The fourth-order valence-corrected chi connectivity index (χ4v) is 3.15. The van der Waals surface area contributed by atoms with Gasteiger partial charge in [-0.2, -0.15) is 0 Å². The van der Waals surface area contributed by atoms with Crippen molar-refractivity contribution in [2.75, 3.05) is 19.6 Å². The first-order chi connectivity index (χ1) is 8.65.